The largest absolute Gasteiger partial charge is 0.490 e. The topological polar surface area (TPSA) is 107 Å². The van der Waals surface area contributed by atoms with E-state index in [1.807, 2.05) is 36.7 Å². The predicted octanol–water partition coefficient (Wildman–Crippen LogP) is 6.57. The summed E-state index contributed by atoms with van der Waals surface area (Å²) in [6.07, 6.45) is 2.97. The monoisotopic (exact) mass is 614 g/mol. The number of amides is 1. The highest BCUT2D eigenvalue weighted by atomic mass is 32.1. The Morgan fingerprint density at radius 3 is 2.80 bits per heavy atom. The molecule has 0 radical (unpaired) electrons. The fourth-order valence-corrected chi connectivity index (χ4v) is 6.06. The number of nitrogens with zero attached hydrogens (tertiary/aromatic N) is 4. The van der Waals surface area contributed by atoms with Crippen molar-refractivity contribution in [2.45, 2.75) is 13.0 Å². The molecule has 2 aromatic carbocycles. The van der Waals surface area contributed by atoms with Gasteiger partial charge in [0.25, 0.3) is 0 Å². The van der Waals surface area contributed by atoms with Crippen molar-refractivity contribution in [1.29, 1.82) is 0 Å². The van der Waals surface area contributed by atoms with Gasteiger partial charge in [-0.3, -0.25) is 14.6 Å². The van der Waals surface area contributed by atoms with Crippen molar-refractivity contribution in [1.82, 2.24) is 30.3 Å². The Labute approximate surface area is 255 Å². The maximum absolute atomic E-state index is 15.9. The Balaban J connectivity index is 1.61. The summed E-state index contributed by atoms with van der Waals surface area (Å²) in [4.78, 5) is 17.1. The molecular weight excluding hydrogens is 586 g/mol. The van der Waals surface area contributed by atoms with E-state index < -0.39 is 17.7 Å². The molecule has 2 N–H and O–H groups in total. The highest BCUT2D eigenvalue weighted by molar-refractivity contribution is 7.17. The molecule has 0 fully saturated rings. The molecule has 9 nitrogen and oxygen atoms in total. The van der Waals surface area contributed by atoms with Crippen molar-refractivity contribution in [3.63, 3.8) is 0 Å². The fourth-order valence-electron chi connectivity index (χ4n) is 5.15. The SMILES string of the molecule is C=CC(=O)N[C@H](C)c1cc(-c2nc(-c3ccc4c(cnn4C)c3)c3sccc3c2-c2c(F)cc(F)cc2OCCOC)n[nH]1. The van der Waals surface area contributed by atoms with E-state index in [0.717, 1.165) is 33.3 Å². The lowest BCUT2D eigenvalue weighted by Crippen LogP contribution is -2.24. The predicted molar refractivity (Wildman–Crippen MR) is 166 cm³/mol. The Bertz CT molecular complexity index is 2030. The number of hydrogen-bond acceptors (Lipinski definition) is 7. The number of nitrogens with one attached hydrogen (secondary N) is 2. The van der Waals surface area contributed by atoms with Crippen LogP contribution in [0.5, 0.6) is 5.75 Å². The lowest BCUT2D eigenvalue weighted by Gasteiger charge is -2.17. The molecule has 0 aliphatic carbocycles. The smallest absolute Gasteiger partial charge is 0.243 e. The summed E-state index contributed by atoms with van der Waals surface area (Å²) in [5.74, 6) is -1.90. The zero-order valence-electron chi connectivity index (χ0n) is 24.1. The number of fused-ring (bicyclic) bond motifs is 2. The molecular formula is C32H28F2N6O3S. The third-order valence-electron chi connectivity index (χ3n) is 7.29. The average Bonchev–Trinajstić information content (AvgIpc) is 3.77. The maximum Gasteiger partial charge on any atom is 0.243 e. The molecule has 0 aliphatic rings. The highest BCUT2D eigenvalue weighted by Crippen LogP contribution is 2.47. The Morgan fingerprint density at radius 1 is 1.16 bits per heavy atom. The normalized spacial score (nSPS) is 12.1. The van der Waals surface area contributed by atoms with Crippen LogP contribution in [0.15, 0.2) is 66.7 Å². The summed E-state index contributed by atoms with van der Waals surface area (Å²) in [6, 6.07) is 11.1. The minimum absolute atomic E-state index is 0.0157. The molecule has 4 heterocycles. The summed E-state index contributed by atoms with van der Waals surface area (Å²) < 4.78 is 44.0. The van der Waals surface area contributed by atoms with Crippen molar-refractivity contribution >= 4 is 38.2 Å². The van der Waals surface area contributed by atoms with Crippen molar-refractivity contribution < 1.29 is 23.0 Å². The van der Waals surface area contributed by atoms with Crippen LogP contribution in [0.25, 0.3) is 54.8 Å². The number of benzene rings is 2. The van der Waals surface area contributed by atoms with Crippen LogP contribution in [0.4, 0.5) is 8.78 Å². The first kappa shape index (κ1) is 29.1. The number of thiophene rings is 1. The van der Waals surface area contributed by atoms with E-state index >= 15 is 4.39 Å². The lowest BCUT2D eigenvalue weighted by atomic mass is 9.95. The molecule has 1 amide bonds. The van der Waals surface area contributed by atoms with Crippen LogP contribution in [0.2, 0.25) is 0 Å². The number of aromatic nitrogens is 5. The molecule has 0 saturated carbocycles. The van der Waals surface area contributed by atoms with E-state index in [4.69, 9.17) is 14.5 Å². The van der Waals surface area contributed by atoms with Crippen LogP contribution in [0.3, 0.4) is 0 Å². The number of carbonyl (C=O) groups excluding carboxylic acids is 1. The first-order valence-electron chi connectivity index (χ1n) is 13.7. The van der Waals surface area contributed by atoms with Gasteiger partial charge in [0.05, 0.1) is 51.7 Å². The summed E-state index contributed by atoms with van der Waals surface area (Å²) in [6.45, 7) is 5.61. The number of H-pyrrole nitrogens is 1. The Kier molecular flexibility index (Phi) is 7.93. The van der Waals surface area contributed by atoms with Crippen LogP contribution in [0.1, 0.15) is 18.7 Å². The van der Waals surface area contributed by atoms with Gasteiger partial charge < -0.3 is 14.8 Å². The number of hydrogen-bond donors (Lipinski definition) is 2. The van der Waals surface area contributed by atoms with Gasteiger partial charge in [0.15, 0.2) is 0 Å². The van der Waals surface area contributed by atoms with Crippen molar-refractivity contribution in [3.05, 3.63) is 84.0 Å². The molecule has 12 heteroatoms. The number of ether oxygens (including phenoxy) is 2. The second kappa shape index (κ2) is 12.0. The van der Waals surface area contributed by atoms with E-state index in [9.17, 15) is 9.18 Å². The molecule has 0 bridgehead atoms. The second-order valence-corrected chi connectivity index (χ2v) is 11.1. The van der Waals surface area contributed by atoms with Crippen molar-refractivity contribution in [3.8, 4) is 39.5 Å². The van der Waals surface area contributed by atoms with Crippen LogP contribution in [0, 0.1) is 11.6 Å². The number of methoxy groups -OCH3 is 1. The van der Waals surface area contributed by atoms with E-state index in [-0.39, 0.29) is 30.4 Å². The molecule has 4 aromatic heterocycles. The van der Waals surface area contributed by atoms with E-state index in [2.05, 4.69) is 27.2 Å². The van der Waals surface area contributed by atoms with Gasteiger partial charge in [-0.2, -0.15) is 10.2 Å². The zero-order chi connectivity index (χ0) is 31.0. The highest BCUT2D eigenvalue weighted by Gasteiger charge is 2.27. The number of aryl methyl sites for hydroxylation is 1. The van der Waals surface area contributed by atoms with Crippen LogP contribution in [-0.4, -0.2) is 51.2 Å². The second-order valence-electron chi connectivity index (χ2n) is 10.1. The van der Waals surface area contributed by atoms with Crippen LogP contribution < -0.4 is 10.1 Å². The number of aromatic amines is 1. The van der Waals surface area contributed by atoms with Gasteiger partial charge in [0.2, 0.25) is 5.91 Å². The molecule has 44 heavy (non-hydrogen) atoms. The third-order valence-corrected chi connectivity index (χ3v) is 8.22. The van der Waals surface area contributed by atoms with Gasteiger partial charge in [-0.1, -0.05) is 12.6 Å². The molecule has 224 valence electrons. The number of halogens is 2. The van der Waals surface area contributed by atoms with Gasteiger partial charge in [-0.25, -0.2) is 13.8 Å². The summed E-state index contributed by atoms with van der Waals surface area (Å²) >= 11 is 1.46. The zero-order valence-corrected chi connectivity index (χ0v) is 25.0. The van der Waals surface area contributed by atoms with Gasteiger partial charge in [-0.15, -0.1) is 11.3 Å². The Hall–Kier alpha value is -4.94. The van der Waals surface area contributed by atoms with Crippen molar-refractivity contribution in [2.24, 2.45) is 7.05 Å². The number of carbonyl (C=O) groups is 1. The molecule has 0 aliphatic heterocycles. The van der Waals surface area contributed by atoms with Crippen LogP contribution in [-0.2, 0) is 16.6 Å². The number of rotatable bonds is 10. The molecule has 0 unspecified atom stereocenters. The van der Waals surface area contributed by atoms with Gasteiger partial charge in [0, 0.05) is 48.2 Å². The molecule has 0 saturated heterocycles. The average molecular weight is 615 g/mol. The summed E-state index contributed by atoms with van der Waals surface area (Å²) in [5.41, 5.74) is 4.28. The minimum Gasteiger partial charge on any atom is -0.490 e. The van der Waals surface area contributed by atoms with E-state index in [0.29, 0.717) is 33.7 Å². The van der Waals surface area contributed by atoms with Crippen molar-refractivity contribution in [2.75, 3.05) is 20.3 Å². The molecule has 0 spiro atoms. The molecule has 6 aromatic rings. The van der Waals surface area contributed by atoms with Gasteiger partial charge in [0.1, 0.15) is 29.7 Å². The first-order valence-corrected chi connectivity index (χ1v) is 14.6. The summed E-state index contributed by atoms with van der Waals surface area (Å²) in [5, 5.41) is 18.2. The minimum atomic E-state index is -0.806. The van der Waals surface area contributed by atoms with Gasteiger partial charge in [-0.05, 0) is 42.6 Å². The third kappa shape index (κ3) is 5.33. The van der Waals surface area contributed by atoms with E-state index in [1.54, 1.807) is 23.9 Å². The number of pyridine rings is 1. The van der Waals surface area contributed by atoms with Gasteiger partial charge >= 0.3 is 0 Å². The summed E-state index contributed by atoms with van der Waals surface area (Å²) in [7, 11) is 3.39. The molecule has 1 atom stereocenters. The molecule has 6 rings (SSSR count). The quantitative estimate of drug-likeness (QED) is 0.134. The first-order chi connectivity index (χ1) is 21.3. The lowest BCUT2D eigenvalue weighted by molar-refractivity contribution is -0.117. The maximum atomic E-state index is 15.9. The standard InChI is InChI=1S/C32H28F2N6O3S/c1-5-27(41)36-17(2)23-15-24(39-38-23)31-28(29-22(34)13-20(33)14-26(29)43-10-9-42-4)21-8-11-44-32(21)30(37-31)18-6-7-25-19(12-18)16-35-40(25)3/h5-8,11-17H,1,9-10H2,2-4H3,(H,36,41)(H,38,39)/t17-/m1/s1. The van der Waals surface area contributed by atoms with Crippen LogP contribution >= 0.6 is 11.3 Å². The fraction of sp³-hybridized carbons (Fsp3) is 0.188. The Morgan fingerprint density at radius 2 is 2.00 bits per heavy atom. The van der Waals surface area contributed by atoms with E-state index in [1.165, 1.54) is 24.5 Å².